The van der Waals surface area contributed by atoms with E-state index in [9.17, 15) is 0 Å². The van der Waals surface area contributed by atoms with Gasteiger partial charge in [-0.05, 0) is 0 Å². The molecule has 1 aromatic heterocycles. The van der Waals surface area contributed by atoms with E-state index in [1.165, 1.54) is 18.1 Å². The third kappa shape index (κ3) is 2.22. The highest BCUT2D eigenvalue weighted by molar-refractivity contribution is 7.99. The predicted molar refractivity (Wildman–Crippen MR) is 45.3 cm³/mol. The van der Waals surface area contributed by atoms with Gasteiger partial charge in [0.15, 0.2) is 5.16 Å². The Morgan fingerprint density at radius 3 is 3.17 bits per heavy atom. The van der Waals surface area contributed by atoms with Gasteiger partial charge in [-0.1, -0.05) is 11.8 Å². The number of rotatable bonds is 3. The number of hydrogen-bond acceptors (Lipinski definition) is 5. The van der Waals surface area contributed by atoms with Crippen LogP contribution >= 0.6 is 11.8 Å². The SMILES string of the molecule is Cn1ncnc1SCC(N)C#N. The summed E-state index contributed by atoms with van der Waals surface area (Å²) >= 11 is 1.43. The molecule has 0 fully saturated rings. The van der Waals surface area contributed by atoms with E-state index in [0.29, 0.717) is 5.75 Å². The molecule has 0 aromatic carbocycles. The van der Waals surface area contributed by atoms with E-state index in [0.717, 1.165) is 5.16 Å². The number of thioether (sulfide) groups is 1. The van der Waals surface area contributed by atoms with Crippen LogP contribution < -0.4 is 5.73 Å². The van der Waals surface area contributed by atoms with Crippen LogP contribution in [0.15, 0.2) is 11.5 Å². The van der Waals surface area contributed by atoms with Gasteiger partial charge in [0, 0.05) is 12.8 Å². The summed E-state index contributed by atoms with van der Waals surface area (Å²) < 4.78 is 1.65. The largest absolute Gasteiger partial charge is 0.315 e. The lowest BCUT2D eigenvalue weighted by Gasteiger charge is -2.00. The fraction of sp³-hybridized carbons (Fsp3) is 0.500. The number of nitrogens with zero attached hydrogens (tertiary/aromatic N) is 4. The van der Waals surface area contributed by atoms with Crippen molar-refractivity contribution in [3.05, 3.63) is 6.33 Å². The summed E-state index contributed by atoms with van der Waals surface area (Å²) in [6.07, 6.45) is 1.47. The molecule has 0 radical (unpaired) electrons. The molecule has 2 N–H and O–H groups in total. The van der Waals surface area contributed by atoms with Crippen molar-refractivity contribution < 1.29 is 0 Å². The molecule has 0 aliphatic heterocycles. The molecule has 5 nitrogen and oxygen atoms in total. The van der Waals surface area contributed by atoms with Gasteiger partial charge in [-0.15, -0.1) is 0 Å². The van der Waals surface area contributed by atoms with E-state index in [1.54, 1.807) is 11.7 Å². The van der Waals surface area contributed by atoms with Crippen LogP contribution in [-0.2, 0) is 7.05 Å². The molecule has 0 saturated heterocycles. The Morgan fingerprint density at radius 2 is 2.67 bits per heavy atom. The quantitative estimate of drug-likeness (QED) is 0.654. The van der Waals surface area contributed by atoms with Crippen molar-refractivity contribution in [1.29, 1.82) is 5.26 Å². The second-order valence-electron chi connectivity index (χ2n) is 2.21. The number of hydrogen-bond donors (Lipinski definition) is 1. The van der Waals surface area contributed by atoms with Crippen molar-refractivity contribution >= 4 is 11.8 Å². The van der Waals surface area contributed by atoms with Gasteiger partial charge < -0.3 is 5.73 Å². The molecule has 0 aliphatic rings. The first-order valence-electron chi connectivity index (χ1n) is 3.36. The van der Waals surface area contributed by atoms with Crippen LogP contribution in [0.4, 0.5) is 0 Å². The Bertz CT molecular complexity index is 288. The summed E-state index contributed by atoms with van der Waals surface area (Å²) in [5.74, 6) is 0.545. The van der Waals surface area contributed by atoms with Crippen LogP contribution in [0.3, 0.4) is 0 Å². The molecule has 1 unspecified atom stereocenters. The fourth-order valence-corrected chi connectivity index (χ4v) is 1.38. The van der Waals surface area contributed by atoms with Gasteiger partial charge in [-0.3, -0.25) is 0 Å². The minimum Gasteiger partial charge on any atom is -0.315 e. The van der Waals surface area contributed by atoms with Crippen molar-refractivity contribution in [2.24, 2.45) is 12.8 Å². The topological polar surface area (TPSA) is 80.5 Å². The maximum Gasteiger partial charge on any atom is 0.185 e. The first-order chi connectivity index (χ1) is 5.74. The normalized spacial score (nSPS) is 12.4. The van der Waals surface area contributed by atoms with Gasteiger partial charge in [0.25, 0.3) is 0 Å². The minimum absolute atomic E-state index is 0.438. The van der Waals surface area contributed by atoms with Gasteiger partial charge in [-0.25, -0.2) is 9.67 Å². The summed E-state index contributed by atoms with van der Waals surface area (Å²) in [5.41, 5.74) is 5.40. The minimum atomic E-state index is -0.438. The molecule has 1 aromatic rings. The van der Waals surface area contributed by atoms with Crippen LogP contribution in [0.1, 0.15) is 0 Å². The van der Waals surface area contributed by atoms with Crippen molar-refractivity contribution in [2.45, 2.75) is 11.2 Å². The Hall–Kier alpha value is -1.06. The highest BCUT2D eigenvalue weighted by Crippen LogP contribution is 2.12. The lowest BCUT2D eigenvalue weighted by molar-refractivity contribution is 0.684. The molecule has 64 valence electrons. The third-order valence-electron chi connectivity index (χ3n) is 1.23. The molecule has 0 spiro atoms. The predicted octanol–water partition coefficient (Wildman–Crippen LogP) is -0.242. The zero-order valence-corrected chi connectivity index (χ0v) is 7.45. The molecule has 1 rings (SSSR count). The van der Waals surface area contributed by atoms with Crippen molar-refractivity contribution in [3.8, 4) is 6.07 Å². The third-order valence-corrected chi connectivity index (χ3v) is 2.38. The highest BCUT2D eigenvalue weighted by atomic mass is 32.2. The van der Waals surface area contributed by atoms with Gasteiger partial charge >= 0.3 is 0 Å². The summed E-state index contributed by atoms with van der Waals surface area (Å²) in [6, 6.07) is 1.51. The molecular weight excluding hydrogens is 174 g/mol. The zero-order chi connectivity index (χ0) is 8.97. The van der Waals surface area contributed by atoms with Crippen molar-refractivity contribution in [2.75, 3.05) is 5.75 Å². The maximum atomic E-state index is 8.40. The Labute approximate surface area is 74.6 Å². The fourth-order valence-electron chi connectivity index (χ4n) is 0.618. The van der Waals surface area contributed by atoms with Crippen LogP contribution in [0, 0.1) is 11.3 Å². The summed E-state index contributed by atoms with van der Waals surface area (Å²) in [6.45, 7) is 0. The molecule has 1 heterocycles. The van der Waals surface area contributed by atoms with E-state index < -0.39 is 6.04 Å². The standard InChI is InChI=1S/C6H9N5S/c1-11-6(9-4-10-11)12-3-5(8)2-7/h4-5H,3,8H2,1H3. The smallest absolute Gasteiger partial charge is 0.185 e. The van der Waals surface area contributed by atoms with Crippen molar-refractivity contribution in [1.82, 2.24) is 14.8 Å². The molecule has 12 heavy (non-hydrogen) atoms. The Balaban J connectivity index is 2.44. The maximum absolute atomic E-state index is 8.40. The second kappa shape index (κ2) is 4.09. The van der Waals surface area contributed by atoms with Crippen molar-refractivity contribution in [3.63, 3.8) is 0 Å². The van der Waals surface area contributed by atoms with Crippen LogP contribution in [-0.4, -0.2) is 26.6 Å². The van der Waals surface area contributed by atoms with Crippen LogP contribution in [0.2, 0.25) is 0 Å². The van der Waals surface area contributed by atoms with Gasteiger partial charge in [0.2, 0.25) is 0 Å². The molecule has 6 heteroatoms. The van der Waals surface area contributed by atoms with E-state index in [2.05, 4.69) is 10.1 Å². The number of nitriles is 1. The zero-order valence-electron chi connectivity index (χ0n) is 6.64. The molecule has 0 bridgehead atoms. The number of nitrogens with two attached hydrogens (primary N) is 1. The Morgan fingerprint density at radius 1 is 1.92 bits per heavy atom. The van der Waals surface area contributed by atoms with Gasteiger partial charge in [0.1, 0.15) is 12.4 Å². The number of aromatic nitrogens is 3. The lowest BCUT2D eigenvalue weighted by atomic mass is 10.4. The van der Waals surface area contributed by atoms with E-state index in [4.69, 9.17) is 11.0 Å². The van der Waals surface area contributed by atoms with Gasteiger partial charge in [0.05, 0.1) is 6.07 Å². The molecule has 1 atom stereocenters. The Kier molecular flexibility index (Phi) is 3.08. The van der Waals surface area contributed by atoms with Crippen LogP contribution in [0.5, 0.6) is 0 Å². The van der Waals surface area contributed by atoms with E-state index in [1.807, 2.05) is 6.07 Å². The summed E-state index contributed by atoms with van der Waals surface area (Å²) in [7, 11) is 1.80. The summed E-state index contributed by atoms with van der Waals surface area (Å²) in [4.78, 5) is 3.97. The first kappa shape index (κ1) is 9.03. The molecule has 0 saturated carbocycles. The summed E-state index contributed by atoms with van der Waals surface area (Å²) in [5, 5.41) is 13.1. The number of aryl methyl sites for hydroxylation is 1. The molecular formula is C6H9N5S. The lowest BCUT2D eigenvalue weighted by Crippen LogP contribution is -2.20. The van der Waals surface area contributed by atoms with E-state index in [-0.39, 0.29) is 0 Å². The van der Waals surface area contributed by atoms with E-state index >= 15 is 0 Å². The average Bonchev–Trinajstić information content (AvgIpc) is 2.47. The first-order valence-corrected chi connectivity index (χ1v) is 4.34. The monoisotopic (exact) mass is 183 g/mol. The van der Waals surface area contributed by atoms with Gasteiger partial charge in [-0.2, -0.15) is 10.4 Å². The molecule has 0 amide bonds. The average molecular weight is 183 g/mol. The molecule has 0 aliphatic carbocycles. The van der Waals surface area contributed by atoms with Crippen LogP contribution in [0.25, 0.3) is 0 Å². The second-order valence-corrected chi connectivity index (χ2v) is 3.20. The highest BCUT2D eigenvalue weighted by Gasteiger charge is 2.04.